The standard InChI is InChI=1S/C20H29N3O4.HI/c1-21-20(23-10-14-15(11-23)19-7-6-18(14)27-19)22-9-16(24)13-8-12(25-2)4-5-17(13)26-3;/h4-5,8,14-16,18-19,24H,6-7,9-11H2,1-3H3,(H,21,22);1H. The SMILES string of the molecule is CN=C(NCC(O)c1cc(OC)ccc1OC)N1CC2C3CCC(O3)C2C1.I. The first-order valence-electron chi connectivity index (χ1n) is 9.65. The summed E-state index contributed by atoms with van der Waals surface area (Å²) in [5, 5.41) is 14.0. The zero-order chi connectivity index (χ0) is 19.0. The van der Waals surface area contributed by atoms with Crippen LogP contribution in [0.4, 0.5) is 0 Å². The molecule has 3 saturated heterocycles. The van der Waals surface area contributed by atoms with Crippen LogP contribution >= 0.6 is 24.0 Å². The number of methoxy groups -OCH3 is 2. The van der Waals surface area contributed by atoms with Gasteiger partial charge in [-0.2, -0.15) is 0 Å². The summed E-state index contributed by atoms with van der Waals surface area (Å²) in [5.41, 5.74) is 0.699. The number of likely N-dealkylation sites (tertiary alicyclic amines) is 1. The van der Waals surface area contributed by atoms with Gasteiger partial charge in [-0.1, -0.05) is 0 Å². The molecule has 0 saturated carbocycles. The van der Waals surface area contributed by atoms with Crippen LogP contribution in [0.3, 0.4) is 0 Å². The molecular weight excluding hydrogens is 473 g/mol. The number of aliphatic hydroxyl groups is 1. The highest BCUT2D eigenvalue weighted by Crippen LogP contribution is 2.47. The number of nitrogens with one attached hydrogen (secondary N) is 1. The van der Waals surface area contributed by atoms with Gasteiger partial charge in [0.2, 0.25) is 0 Å². The van der Waals surface area contributed by atoms with Crippen LogP contribution in [0, 0.1) is 11.8 Å². The molecule has 3 aliphatic heterocycles. The summed E-state index contributed by atoms with van der Waals surface area (Å²) >= 11 is 0. The van der Waals surface area contributed by atoms with Crippen molar-refractivity contribution in [1.29, 1.82) is 0 Å². The molecule has 1 aromatic carbocycles. The molecule has 5 atom stereocenters. The van der Waals surface area contributed by atoms with E-state index in [-0.39, 0.29) is 24.0 Å². The fraction of sp³-hybridized carbons (Fsp3) is 0.650. The Kier molecular flexibility index (Phi) is 6.93. The molecule has 3 aliphatic rings. The zero-order valence-electron chi connectivity index (χ0n) is 16.6. The van der Waals surface area contributed by atoms with Gasteiger partial charge in [0, 0.05) is 44.1 Å². The van der Waals surface area contributed by atoms with Crippen LogP contribution in [0.2, 0.25) is 0 Å². The van der Waals surface area contributed by atoms with E-state index in [1.54, 1.807) is 21.3 Å². The average Bonchev–Trinajstić information content (AvgIpc) is 3.41. The molecule has 8 heteroatoms. The molecule has 0 aromatic heterocycles. The minimum atomic E-state index is -0.728. The summed E-state index contributed by atoms with van der Waals surface area (Å²) in [6.07, 6.45) is 2.51. The summed E-state index contributed by atoms with van der Waals surface area (Å²) < 4.78 is 16.7. The van der Waals surface area contributed by atoms with Crippen molar-refractivity contribution < 1.29 is 19.3 Å². The third-order valence-electron chi connectivity index (χ3n) is 6.21. The number of fused-ring (bicyclic) bond motifs is 5. The van der Waals surface area contributed by atoms with E-state index in [0.29, 0.717) is 47.7 Å². The molecule has 2 N–H and O–H groups in total. The highest BCUT2D eigenvalue weighted by atomic mass is 127. The van der Waals surface area contributed by atoms with E-state index in [2.05, 4.69) is 15.2 Å². The van der Waals surface area contributed by atoms with Gasteiger partial charge in [-0.3, -0.25) is 4.99 Å². The smallest absolute Gasteiger partial charge is 0.193 e. The highest BCUT2D eigenvalue weighted by molar-refractivity contribution is 14.0. The molecule has 2 bridgehead atoms. The lowest BCUT2D eigenvalue weighted by Crippen LogP contribution is -2.42. The van der Waals surface area contributed by atoms with Gasteiger partial charge >= 0.3 is 0 Å². The number of benzene rings is 1. The van der Waals surface area contributed by atoms with E-state index in [9.17, 15) is 5.11 Å². The van der Waals surface area contributed by atoms with Gasteiger partial charge in [0.05, 0.1) is 32.5 Å². The predicted molar refractivity (Wildman–Crippen MR) is 118 cm³/mol. The average molecular weight is 503 g/mol. The van der Waals surface area contributed by atoms with E-state index in [0.717, 1.165) is 19.0 Å². The van der Waals surface area contributed by atoms with E-state index in [1.807, 2.05) is 18.2 Å². The molecule has 3 heterocycles. The van der Waals surface area contributed by atoms with Crippen molar-refractivity contribution in [2.45, 2.75) is 31.2 Å². The van der Waals surface area contributed by atoms with Gasteiger partial charge in [-0.25, -0.2) is 0 Å². The van der Waals surface area contributed by atoms with Crippen LogP contribution in [0.25, 0.3) is 0 Å². The van der Waals surface area contributed by atoms with Gasteiger partial charge in [-0.15, -0.1) is 24.0 Å². The van der Waals surface area contributed by atoms with E-state index >= 15 is 0 Å². The molecular formula is C20H30IN3O4. The molecule has 3 fully saturated rings. The third-order valence-corrected chi connectivity index (χ3v) is 6.21. The summed E-state index contributed by atoms with van der Waals surface area (Å²) in [7, 11) is 5.00. The number of nitrogens with zero attached hydrogens (tertiary/aromatic N) is 2. The van der Waals surface area contributed by atoms with Crippen molar-refractivity contribution in [3.8, 4) is 11.5 Å². The number of aliphatic hydroxyl groups excluding tert-OH is 1. The number of rotatable bonds is 5. The van der Waals surface area contributed by atoms with Crippen LogP contribution in [0.5, 0.6) is 11.5 Å². The quantitative estimate of drug-likeness (QED) is 0.364. The van der Waals surface area contributed by atoms with Crippen LogP contribution in [-0.2, 0) is 4.74 Å². The van der Waals surface area contributed by atoms with E-state index in [1.165, 1.54) is 12.8 Å². The second-order valence-corrected chi connectivity index (χ2v) is 7.57. The number of aliphatic imine (C=N–C) groups is 1. The Balaban J connectivity index is 0.00000225. The lowest BCUT2D eigenvalue weighted by atomic mass is 9.82. The Morgan fingerprint density at radius 1 is 1.25 bits per heavy atom. The largest absolute Gasteiger partial charge is 0.497 e. The minimum absolute atomic E-state index is 0. The summed E-state index contributed by atoms with van der Waals surface area (Å²) in [6, 6.07) is 5.44. The predicted octanol–water partition coefficient (Wildman–Crippen LogP) is 2.04. The summed E-state index contributed by atoms with van der Waals surface area (Å²) in [6.45, 7) is 2.31. The maximum absolute atomic E-state index is 10.7. The van der Waals surface area contributed by atoms with Gasteiger partial charge in [0.25, 0.3) is 0 Å². The summed E-state index contributed by atoms with van der Waals surface area (Å²) in [5.74, 6) is 3.41. The zero-order valence-corrected chi connectivity index (χ0v) is 19.0. The van der Waals surface area contributed by atoms with Gasteiger partial charge in [0.1, 0.15) is 11.5 Å². The molecule has 0 spiro atoms. The molecule has 0 aliphatic carbocycles. The first-order valence-corrected chi connectivity index (χ1v) is 9.65. The van der Waals surface area contributed by atoms with Crippen LogP contribution < -0.4 is 14.8 Å². The van der Waals surface area contributed by atoms with E-state index < -0.39 is 6.10 Å². The highest BCUT2D eigenvalue weighted by Gasteiger charge is 2.53. The molecule has 0 amide bonds. The Hall–Kier alpha value is -1.26. The van der Waals surface area contributed by atoms with Crippen molar-refractivity contribution in [2.75, 3.05) is 40.9 Å². The van der Waals surface area contributed by atoms with Gasteiger partial charge in [-0.05, 0) is 31.0 Å². The fourth-order valence-corrected chi connectivity index (χ4v) is 4.86. The molecule has 5 unspecified atom stereocenters. The molecule has 28 heavy (non-hydrogen) atoms. The first kappa shape index (κ1) is 21.4. The van der Waals surface area contributed by atoms with Crippen molar-refractivity contribution in [1.82, 2.24) is 10.2 Å². The number of halogens is 1. The van der Waals surface area contributed by atoms with Gasteiger partial charge in [0.15, 0.2) is 5.96 Å². The second kappa shape index (κ2) is 9.04. The number of ether oxygens (including phenoxy) is 3. The molecule has 0 radical (unpaired) electrons. The van der Waals surface area contributed by atoms with E-state index in [4.69, 9.17) is 14.2 Å². The second-order valence-electron chi connectivity index (χ2n) is 7.57. The Labute approximate surface area is 183 Å². The number of hydrogen-bond acceptors (Lipinski definition) is 5. The molecule has 1 aromatic rings. The Morgan fingerprint density at radius 2 is 1.93 bits per heavy atom. The van der Waals surface area contributed by atoms with Crippen molar-refractivity contribution in [2.24, 2.45) is 16.8 Å². The van der Waals surface area contributed by atoms with Crippen molar-refractivity contribution in [3.05, 3.63) is 23.8 Å². The molecule has 4 rings (SSSR count). The molecule has 156 valence electrons. The first-order chi connectivity index (χ1) is 13.1. The topological polar surface area (TPSA) is 75.6 Å². The maximum atomic E-state index is 10.7. The van der Waals surface area contributed by atoms with Crippen molar-refractivity contribution >= 4 is 29.9 Å². The normalized spacial score (nSPS) is 29.3. The lowest BCUT2D eigenvalue weighted by molar-refractivity contribution is 0.0766. The van der Waals surface area contributed by atoms with Crippen molar-refractivity contribution in [3.63, 3.8) is 0 Å². The number of hydrogen-bond donors (Lipinski definition) is 2. The van der Waals surface area contributed by atoms with Crippen LogP contribution in [0.1, 0.15) is 24.5 Å². The Morgan fingerprint density at radius 3 is 2.50 bits per heavy atom. The third kappa shape index (κ3) is 3.91. The minimum Gasteiger partial charge on any atom is -0.497 e. The van der Waals surface area contributed by atoms with Gasteiger partial charge < -0.3 is 29.5 Å². The Bertz CT molecular complexity index is 699. The monoisotopic (exact) mass is 503 g/mol. The number of guanidine groups is 1. The maximum Gasteiger partial charge on any atom is 0.193 e. The fourth-order valence-electron chi connectivity index (χ4n) is 4.86. The lowest BCUT2D eigenvalue weighted by Gasteiger charge is -2.25. The van der Waals surface area contributed by atoms with Crippen LogP contribution in [-0.4, -0.2) is 69.1 Å². The van der Waals surface area contributed by atoms with Crippen LogP contribution in [0.15, 0.2) is 23.2 Å². The summed E-state index contributed by atoms with van der Waals surface area (Å²) in [4.78, 5) is 6.74. The molecule has 7 nitrogen and oxygen atoms in total.